The van der Waals surface area contributed by atoms with Crippen molar-refractivity contribution >= 4 is 40.2 Å². The van der Waals surface area contributed by atoms with E-state index in [1.165, 1.54) is 0 Å². The Hall–Kier alpha value is -1.27. The first-order valence-corrected chi connectivity index (χ1v) is 8.90. The lowest BCUT2D eigenvalue weighted by Gasteiger charge is -2.13. The molecule has 0 aliphatic carbocycles. The van der Waals surface area contributed by atoms with Crippen LogP contribution in [0.2, 0.25) is 5.02 Å². The average Bonchev–Trinajstić information content (AvgIpc) is 2.54. The van der Waals surface area contributed by atoms with E-state index in [4.69, 9.17) is 21.1 Å². The van der Waals surface area contributed by atoms with E-state index in [-0.39, 0.29) is 5.97 Å². The van der Waals surface area contributed by atoms with Gasteiger partial charge in [0.15, 0.2) is 0 Å². The van der Waals surface area contributed by atoms with Crippen LogP contribution in [0.3, 0.4) is 0 Å². The van der Waals surface area contributed by atoms with E-state index in [2.05, 4.69) is 29.5 Å². The summed E-state index contributed by atoms with van der Waals surface area (Å²) < 4.78 is 12.2. The van der Waals surface area contributed by atoms with Crippen LogP contribution in [0.15, 0.2) is 36.4 Å². The summed E-state index contributed by atoms with van der Waals surface area (Å²) in [7, 11) is 0. The van der Waals surface area contributed by atoms with Gasteiger partial charge in [-0.25, -0.2) is 0 Å². The molecule has 0 atom stereocenters. The number of rotatable bonds is 6. The summed E-state index contributed by atoms with van der Waals surface area (Å²) in [5.74, 6) is 0.975. The topological polar surface area (TPSA) is 35.5 Å². The maximum absolute atomic E-state index is 11.6. The van der Waals surface area contributed by atoms with Crippen LogP contribution >= 0.6 is 34.2 Å². The van der Waals surface area contributed by atoms with Crippen molar-refractivity contribution in [3.63, 3.8) is 0 Å². The number of halogens is 2. The van der Waals surface area contributed by atoms with Gasteiger partial charge in [-0.05, 0) is 58.8 Å². The van der Waals surface area contributed by atoms with Gasteiger partial charge < -0.3 is 9.47 Å². The van der Waals surface area contributed by atoms with Gasteiger partial charge in [0.05, 0.1) is 0 Å². The standard InChI is InChI=1S/C18H18ClIO3/c1-3-12-8-9-13(10-15(12)19)22-11-14-16(20)6-5-7-17(14)23-18(21)4-2/h5-10H,3-4,11H2,1-2H3. The summed E-state index contributed by atoms with van der Waals surface area (Å²) in [6.07, 6.45) is 1.21. The largest absolute Gasteiger partial charge is 0.489 e. The summed E-state index contributed by atoms with van der Waals surface area (Å²) in [5.41, 5.74) is 1.94. The third kappa shape index (κ3) is 4.85. The number of ether oxygens (including phenoxy) is 2. The first kappa shape index (κ1) is 18.1. The second kappa shape index (κ2) is 8.55. The third-order valence-electron chi connectivity index (χ3n) is 3.38. The highest BCUT2D eigenvalue weighted by Gasteiger charge is 2.12. The SMILES string of the molecule is CCC(=O)Oc1cccc(I)c1COc1ccc(CC)c(Cl)c1. The Bertz CT molecular complexity index is 701. The Morgan fingerprint density at radius 1 is 1.22 bits per heavy atom. The van der Waals surface area contributed by atoms with Gasteiger partial charge in [0.25, 0.3) is 0 Å². The molecule has 0 saturated carbocycles. The first-order valence-electron chi connectivity index (χ1n) is 7.44. The quantitative estimate of drug-likeness (QED) is 0.340. The molecule has 23 heavy (non-hydrogen) atoms. The predicted molar refractivity (Wildman–Crippen MR) is 100 cm³/mol. The maximum atomic E-state index is 11.6. The van der Waals surface area contributed by atoms with Gasteiger partial charge in [-0.2, -0.15) is 0 Å². The lowest BCUT2D eigenvalue weighted by molar-refractivity contribution is -0.134. The predicted octanol–water partition coefficient (Wildman–Crippen LogP) is 5.40. The molecule has 0 spiro atoms. The molecule has 0 N–H and O–H groups in total. The van der Waals surface area contributed by atoms with Crippen LogP contribution in [0, 0.1) is 3.57 Å². The summed E-state index contributed by atoms with van der Waals surface area (Å²) in [6.45, 7) is 4.14. The van der Waals surface area contributed by atoms with Gasteiger partial charge in [-0.3, -0.25) is 4.79 Å². The monoisotopic (exact) mass is 444 g/mol. The van der Waals surface area contributed by atoms with E-state index in [0.29, 0.717) is 29.5 Å². The highest BCUT2D eigenvalue weighted by molar-refractivity contribution is 14.1. The van der Waals surface area contributed by atoms with E-state index in [1.807, 2.05) is 30.3 Å². The molecule has 3 nitrogen and oxygen atoms in total. The number of hydrogen-bond acceptors (Lipinski definition) is 3. The van der Waals surface area contributed by atoms with E-state index < -0.39 is 0 Å². The number of benzene rings is 2. The number of carbonyl (C=O) groups is 1. The molecule has 0 amide bonds. The van der Waals surface area contributed by atoms with E-state index in [1.54, 1.807) is 13.0 Å². The van der Waals surface area contributed by atoms with Crippen molar-refractivity contribution in [2.45, 2.75) is 33.3 Å². The number of hydrogen-bond donors (Lipinski definition) is 0. The molecule has 0 fully saturated rings. The van der Waals surface area contributed by atoms with Crippen molar-refractivity contribution in [2.24, 2.45) is 0 Å². The second-order valence-corrected chi connectivity index (χ2v) is 6.51. The zero-order valence-corrected chi connectivity index (χ0v) is 16.0. The van der Waals surface area contributed by atoms with Gasteiger partial charge in [0, 0.05) is 20.6 Å². The lowest BCUT2D eigenvalue weighted by atomic mass is 10.1. The molecular formula is C18H18ClIO3. The molecule has 0 saturated heterocycles. The normalized spacial score (nSPS) is 10.4. The summed E-state index contributed by atoms with van der Waals surface area (Å²) in [4.78, 5) is 11.6. The molecule has 5 heteroatoms. The van der Waals surface area contributed by atoms with Gasteiger partial charge in [-0.1, -0.05) is 37.6 Å². The van der Waals surface area contributed by atoms with Crippen molar-refractivity contribution in [1.29, 1.82) is 0 Å². The van der Waals surface area contributed by atoms with Gasteiger partial charge >= 0.3 is 5.97 Å². The fourth-order valence-electron chi connectivity index (χ4n) is 2.03. The average molecular weight is 445 g/mol. The highest BCUT2D eigenvalue weighted by atomic mass is 127. The molecule has 122 valence electrons. The number of carbonyl (C=O) groups excluding carboxylic acids is 1. The minimum Gasteiger partial charge on any atom is -0.489 e. The molecule has 0 heterocycles. The fourth-order valence-corrected chi connectivity index (χ4v) is 2.96. The van der Waals surface area contributed by atoms with Crippen LogP contribution in [0.25, 0.3) is 0 Å². The van der Waals surface area contributed by atoms with Crippen molar-refractivity contribution in [3.05, 3.63) is 56.1 Å². The molecule has 0 aliphatic heterocycles. The second-order valence-electron chi connectivity index (χ2n) is 4.94. The Labute approximate surface area is 155 Å². The van der Waals surface area contributed by atoms with Crippen molar-refractivity contribution < 1.29 is 14.3 Å². The molecule has 2 aromatic carbocycles. The minimum absolute atomic E-state index is 0.261. The summed E-state index contributed by atoms with van der Waals surface area (Å²) in [5, 5.41) is 0.699. The molecule has 0 radical (unpaired) electrons. The Morgan fingerprint density at radius 3 is 2.65 bits per heavy atom. The van der Waals surface area contributed by atoms with Crippen LogP contribution < -0.4 is 9.47 Å². The molecule has 2 rings (SSSR count). The molecule has 2 aromatic rings. The molecule has 0 unspecified atom stereocenters. The van der Waals surface area contributed by atoms with Crippen molar-refractivity contribution in [3.8, 4) is 11.5 Å². The molecule has 0 aliphatic rings. The Balaban J connectivity index is 2.16. The Kier molecular flexibility index (Phi) is 6.72. The Morgan fingerprint density at radius 2 is 2.00 bits per heavy atom. The lowest BCUT2D eigenvalue weighted by Crippen LogP contribution is -2.09. The smallest absolute Gasteiger partial charge is 0.310 e. The summed E-state index contributed by atoms with van der Waals surface area (Å²) >= 11 is 8.42. The van der Waals surface area contributed by atoms with Crippen LogP contribution in [0.1, 0.15) is 31.4 Å². The summed E-state index contributed by atoms with van der Waals surface area (Å²) in [6, 6.07) is 11.3. The molecule has 0 aromatic heterocycles. The van der Waals surface area contributed by atoms with Crippen LogP contribution in [0.4, 0.5) is 0 Å². The van der Waals surface area contributed by atoms with Crippen LogP contribution in [-0.2, 0) is 17.8 Å². The minimum atomic E-state index is -0.261. The van der Waals surface area contributed by atoms with E-state index >= 15 is 0 Å². The molecular weight excluding hydrogens is 427 g/mol. The zero-order chi connectivity index (χ0) is 16.8. The number of esters is 1. The first-order chi connectivity index (χ1) is 11.0. The van der Waals surface area contributed by atoms with Crippen molar-refractivity contribution in [1.82, 2.24) is 0 Å². The van der Waals surface area contributed by atoms with Crippen LogP contribution in [-0.4, -0.2) is 5.97 Å². The number of aryl methyl sites for hydroxylation is 1. The highest BCUT2D eigenvalue weighted by Crippen LogP contribution is 2.28. The van der Waals surface area contributed by atoms with Crippen molar-refractivity contribution in [2.75, 3.05) is 0 Å². The molecule has 0 bridgehead atoms. The van der Waals surface area contributed by atoms with Crippen LogP contribution in [0.5, 0.6) is 11.5 Å². The zero-order valence-electron chi connectivity index (χ0n) is 13.1. The third-order valence-corrected chi connectivity index (χ3v) is 4.74. The maximum Gasteiger partial charge on any atom is 0.310 e. The van der Waals surface area contributed by atoms with Gasteiger partial charge in [0.1, 0.15) is 18.1 Å². The fraction of sp³-hybridized carbons (Fsp3) is 0.278. The van der Waals surface area contributed by atoms with E-state index in [9.17, 15) is 4.79 Å². The van der Waals surface area contributed by atoms with E-state index in [0.717, 1.165) is 21.1 Å². The van der Waals surface area contributed by atoms with Gasteiger partial charge in [0.2, 0.25) is 0 Å². The van der Waals surface area contributed by atoms with Gasteiger partial charge in [-0.15, -0.1) is 0 Å².